The van der Waals surface area contributed by atoms with E-state index in [2.05, 4.69) is 0 Å². The van der Waals surface area contributed by atoms with Crippen molar-refractivity contribution in [2.75, 3.05) is 0 Å². The van der Waals surface area contributed by atoms with Gasteiger partial charge in [-0.1, -0.05) is 48.6 Å². The lowest BCUT2D eigenvalue weighted by molar-refractivity contribution is 0.560. The van der Waals surface area contributed by atoms with Crippen LogP contribution >= 0.6 is 0 Å². The zero-order chi connectivity index (χ0) is 13.9. The summed E-state index contributed by atoms with van der Waals surface area (Å²) in [5.74, 6) is -0.295. The summed E-state index contributed by atoms with van der Waals surface area (Å²) in [7, 11) is 0. The van der Waals surface area contributed by atoms with Gasteiger partial charge in [0.25, 0.3) is 0 Å². The van der Waals surface area contributed by atoms with Crippen LogP contribution in [0.5, 0.6) is 0 Å². The van der Waals surface area contributed by atoms with Gasteiger partial charge in [0.1, 0.15) is 11.4 Å². The summed E-state index contributed by atoms with van der Waals surface area (Å²) in [4.78, 5) is 11.5. The van der Waals surface area contributed by atoms with Crippen molar-refractivity contribution >= 4 is 23.1 Å². The third-order valence-electron chi connectivity index (χ3n) is 3.03. The van der Waals surface area contributed by atoms with Gasteiger partial charge in [-0.3, -0.25) is 0 Å². The number of fused-ring (bicyclic) bond motifs is 1. The standard InChI is InChI=1S/C17H11FO2/c18-15-7-3-1-5-12(15)9-10-13-11-17(19)20-16-8-4-2-6-14(13)16/h1-11H/b10-9+. The molecule has 0 saturated carbocycles. The van der Waals surface area contributed by atoms with Crippen molar-refractivity contribution in [2.45, 2.75) is 0 Å². The van der Waals surface area contributed by atoms with E-state index in [0.29, 0.717) is 16.7 Å². The van der Waals surface area contributed by atoms with E-state index in [4.69, 9.17) is 4.42 Å². The van der Waals surface area contributed by atoms with Gasteiger partial charge in [0.2, 0.25) is 0 Å². The Labute approximate surface area is 114 Å². The van der Waals surface area contributed by atoms with Gasteiger partial charge in [-0.05, 0) is 17.7 Å². The molecule has 0 bridgehead atoms. The molecule has 0 aliphatic carbocycles. The lowest BCUT2D eigenvalue weighted by atomic mass is 10.1. The minimum Gasteiger partial charge on any atom is -0.423 e. The van der Waals surface area contributed by atoms with Gasteiger partial charge in [0.05, 0.1) is 0 Å². The number of hydrogen-bond acceptors (Lipinski definition) is 2. The van der Waals surface area contributed by atoms with E-state index in [0.717, 1.165) is 5.39 Å². The molecule has 0 spiro atoms. The summed E-state index contributed by atoms with van der Waals surface area (Å²) in [6.45, 7) is 0. The summed E-state index contributed by atoms with van der Waals surface area (Å²) >= 11 is 0. The zero-order valence-electron chi connectivity index (χ0n) is 10.5. The molecule has 0 unspecified atom stereocenters. The molecule has 0 aliphatic heterocycles. The van der Waals surface area contributed by atoms with E-state index >= 15 is 0 Å². The Morgan fingerprint density at radius 1 is 0.900 bits per heavy atom. The quantitative estimate of drug-likeness (QED) is 0.653. The molecule has 98 valence electrons. The van der Waals surface area contributed by atoms with Crippen LogP contribution in [0.25, 0.3) is 23.1 Å². The highest BCUT2D eigenvalue weighted by Gasteiger charge is 2.02. The van der Waals surface area contributed by atoms with Gasteiger partial charge in [0.15, 0.2) is 0 Å². The van der Waals surface area contributed by atoms with Crippen LogP contribution in [-0.4, -0.2) is 0 Å². The summed E-state index contributed by atoms with van der Waals surface area (Å²) < 4.78 is 18.7. The second-order valence-corrected chi connectivity index (χ2v) is 4.37. The Morgan fingerprint density at radius 2 is 1.60 bits per heavy atom. The van der Waals surface area contributed by atoms with Crippen LogP contribution in [0.1, 0.15) is 11.1 Å². The lowest BCUT2D eigenvalue weighted by Gasteiger charge is -2.00. The largest absolute Gasteiger partial charge is 0.423 e. The number of benzene rings is 2. The van der Waals surface area contributed by atoms with Crippen molar-refractivity contribution in [1.82, 2.24) is 0 Å². The minimum atomic E-state index is -0.420. The molecular weight excluding hydrogens is 255 g/mol. The Balaban J connectivity index is 2.11. The third kappa shape index (κ3) is 2.38. The van der Waals surface area contributed by atoms with Gasteiger partial charge in [-0.2, -0.15) is 0 Å². The van der Waals surface area contributed by atoms with Crippen molar-refractivity contribution in [3.63, 3.8) is 0 Å². The SMILES string of the molecule is O=c1cc(/C=C/c2ccccc2F)c2ccccc2o1. The fourth-order valence-electron chi connectivity index (χ4n) is 2.06. The predicted molar refractivity (Wildman–Crippen MR) is 77.8 cm³/mol. The second kappa shape index (κ2) is 5.13. The van der Waals surface area contributed by atoms with E-state index < -0.39 is 5.63 Å². The van der Waals surface area contributed by atoms with Crippen LogP contribution in [0, 0.1) is 5.82 Å². The summed E-state index contributed by atoms with van der Waals surface area (Å²) in [6.07, 6.45) is 3.37. The van der Waals surface area contributed by atoms with E-state index in [9.17, 15) is 9.18 Å². The molecule has 0 radical (unpaired) electrons. The zero-order valence-corrected chi connectivity index (χ0v) is 10.5. The predicted octanol–water partition coefficient (Wildman–Crippen LogP) is 4.10. The minimum absolute atomic E-state index is 0.295. The van der Waals surface area contributed by atoms with E-state index in [1.54, 1.807) is 42.5 Å². The highest BCUT2D eigenvalue weighted by molar-refractivity contribution is 5.89. The average molecular weight is 266 g/mol. The highest BCUT2D eigenvalue weighted by Crippen LogP contribution is 2.19. The van der Waals surface area contributed by atoms with Crippen molar-refractivity contribution in [3.8, 4) is 0 Å². The monoisotopic (exact) mass is 266 g/mol. The van der Waals surface area contributed by atoms with Crippen LogP contribution in [0.15, 0.2) is 63.8 Å². The van der Waals surface area contributed by atoms with Crippen LogP contribution < -0.4 is 5.63 Å². The Morgan fingerprint density at radius 3 is 2.45 bits per heavy atom. The molecule has 0 N–H and O–H groups in total. The molecule has 0 amide bonds. The molecule has 3 heteroatoms. The van der Waals surface area contributed by atoms with E-state index in [1.165, 1.54) is 12.1 Å². The Kier molecular flexibility index (Phi) is 3.17. The van der Waals surface area contributed by atoms with Crippen LogP contribution in [0.2, 0.25) is 0 Å². The van der Waals surface area contributed by atoms with Crippen molar-refractivity contribution in [1.29, 1.82) is 0 Å². The normalized spacial score (nSPS) is 11.2. The fourth-order valence-corrected chi connectivity index (χ4v) is 2.06. The summed E-state index contributed by atoms with van der Waals surface area (Å²) in [5.41, 5.74) is 1.29. The molecule has 1 heterocycles. The molecule has 3 aromatic rings. The van der Waals surface area contributed by atoms with Gasteiger partial charge < -0.3 is 4.42 Å². The Hall–Kier alpha value is -2.68. The van der Waals surface area contributed by atoms with Gasteiger partial charge in [-0.25, -0.2) is 9.18 Å². The smallest absolute Gasteiger partial charge is 0.336 e. The molecule has 0 atom stereocenters. The molecule has 20 heavy (non-hydrogen) atoms. The number of halogens is 1. The lowest BCUT2D eigenvalue weighted by Crippen LogP contribution is -1.97. The second-order valence-electron chi connectivity index (χ2n) is 4.37. The molecular formula is C17H11FO2. The Bertz CT molecular complexity index is 847. The van der Waals surface area contributed by atoms with Crippen molar-refractivity contribution < 1.29 is 8.81 Å². The first kappa shape index (κ1) is 12.4. The fraction of sp³-hybridized carbons (Fsp3) is 0. The molecule has 1 aromatic heterocycles. The first-order valence-electron chi connectivity index (χ1n) is 6.19. The maximum absolute atomic E-state index is 13.6. The van der Waals surface area contributed by atoms with Gasteiger partial charge >= 0.3 is 5.63 Å². The first-order valence-corrected chi connectivity index (χ1v) is 6.19. The first-order chi connectivity index (χ1) is 9.74. The van der Waals surface area contributed by atoms with E-state index in [-0.39, 0.29) is 5.82 Å². The average Bonchev–Trinajstić information content (AvgIpc) is 2.46. The van der Waals surface area contributed by atoms with Crippen LogP contribution in [-0.2, 0) is 0 Å². The number of hydrogen-bond donors (Lipinski definition) is 0. The van der Waals surface area contributed by atoms with Crippen LogP contribution in [0.4, 0.5) is 4.39 Å². The highest BCUT2D eigenvalue weighted by atomic mass is 19.1. The molecule has 0 fully saturated rings. The summed E-state index contributed by atoms with van der Waals surface area (Å²) in [6, 6.07) is 15.1. The topological polar surface area (TPSA) is 30.2 Å². The summed E-state index contributed by atoms with van der Waals surface area (Å²) in [5, 5.41) is 0.819. The van der Waals surface area contributed by atoms with Crippen molar-refractivity contribution in [3.05, 3.63) is 82.0 Å². The number of para-hydroxylation sites is 1. The maximum Gasteiger partial charge on any atom is 0.336 e. The number of rotatable bonds is 2. The van der Waals surface area contributed by atoms with Gasteiger partial charge in [0, 0.05) is 17.0 Å². The van der Waals surface area contributed by atoms with Crippen molar-refractivity contribution in [2.24, 2.45) is 0 Å². The van der Waals surface area contributed by atoms with E-state index in [1.807, 2.05) is 12.1 Å². The molecule has 0 aliphatic rings. The van der Waals surface area contributed by atoms with Crippen LogP contribution in [0.3, 0.4) is 0 Å². The molecule has 2 nitrogen and oxygen atoms in total. The van der Waals surface area contributed by atoms with Gasteiger partial charge in [-0.15, -0.1) is 0 Å². The molecule has 2 aromatic carbocycles. The molecule has 3 rings (SSSR count). The molecule has 0 saturated heterocycles. The maximum atomic E-state index is 13.6. The third-order valence-corrected chi connectivity index (χ3v) is 3.03.